The number of anilines is 1. The highest BCUT2D eigenvalue weighted by molar-refractivity contribution is 5.96. The maximum atomic E-state index is 12.8. The van der Waals surface area contributed by atoms with E-state index >= 15 is 0 Å². The van der Waals surface area contributed by atoms with Gasteiger partial charge in [0, 0.05) is 42.7 Å². The van der Waals surface area contributed by atoms with E-state index in [-0.39, 0.29) is 29.6 Å². The smallest absolute Gasteiger partial charge is 0.253 e. The van der Waals surface area contributed by atoms with E-state index in [1.807, 2.05) is 32.0 Å². The van der Waals surface area contributed by atoms with E-state index in [0.717, 1.165) is 6.42 Å². The van der Waals surface area contributed by atoms with E-state index < -0.39 is 0 Å². The molecule has 3 rings (SSSR count). The van der Waals surface area contributed by atoms with Crippen LogP contribution in [0.4, 0.5) is 5.69 Å². The van der Waals surface area contributed by atoms with Crippen molar-refractivity contribution in [1.29, 1.82) is 0 Å². The van der Waals surface area contributed by atoms with E-state index in [2.05, 4.69) is 22.8 Å². The Kier molecular flexibility index (Phi) is 7.82. The van der Waals surface area contributed by atoms with Gasteiger partial charge in [-0.1, -0.05) is 44.2 Å². The van der Waals surface area contributed by atoms with E-state index in [1.165, 1.54) is 5.56 Å². The van der Waals surface area contributed by atoms with Crippen molar-refractivity contribution in [1.82, 2.24) is 10.2 Å². The summed E-state index contributed by atoms with van der Waals surface area (Å²) in [6.45, 7) is 5.44. The van der Waals surface area contributed by atoms with E-state index in [4.69, 9.17) is 0 Å². The van der Waals surface area contributed by atoms with Crippen LogP contribution in [0.2, 0.25) is 0 Å². The zero-order chi connectivity index (χ0) is 22.2. The predicted molar refractivity (Wildman–Crippen MR) is 122 cm³/mol. The molecule has 0 spiro atoms. The molecule has 3 amide bonds. The molecule has 1 fully saturated rings. The minimum atomic E-state index is -0.0989. The van der Waals surface area contributed by atoms with Crippen LogP contribution < -0.4 is 10.6 Å². The van der Waals surface area contributed by atoms with Crippen LogP contribution in [0.25, 0.3) is 0 Å². The van der Waals surface area contributed by atoms with Gasteiger partial charge in [-0.2, -0.15) is 0 Å². The standard InChI is InChI=1S/C25H31N3O3/c1-18(2)23(29)27-22-10-8-21(9-11-22)25(31)28-16-13-20(14-17-28)24(30)26-15-12-19-6-4-3-5-7-19/h3-11,18,20H,12-17H2,1-2H3,(H,26,30)(H,27,29). The van der Waals surface area contributed by atoms with Crippen LogP contribution in [0.15, 0.2) is 54.6 Å². The maximum Gasteiger partial charge on any atom is 0.253 e. The molecule has 0 bridgehead atoms. The van der Waals surface area contributed by atoms with Crippen LogP contribution in [0.5, 0.6) is 0 Å². The Labute approximate surface area is 184 Å². The Hall–Kier alpha value is -3.15. The Morgan fingerprint density at radius 2 is 1.61 bits per heavy atom. The molecule has 6 nitrogen and oxygen atoms in total. The third-order valence-electron chi connectivity index (χ3n) is 5.63. The number of amides is 3. The average Bonchev–Trinajstić information content (AvgIpc) is 2.80. The number of piperidine rings is 1. The van der Waals surface area contributed by atoms with Gasteiger partial charge in [-0.3, -0.25) is 14.4 Å². The monoisotopic (exact) mass is 421 g/mol. The number of likely N-dealkylation sites (tertiary alicyclic amines) is 1. The summed E-state index contributed by atoms with van der Waals surface area (Å²) < 4.78 is 0. The highest BCUT2D eigenvalue weighted by atomic mass is 16.2. The summed E-state index contributed by atoms with van der Waals surface area (Å²) in [6, 6.07) is 17.1. The number of nitrogens with one attached hydrogen (secondary N) is 2. The first kappa shape index (κ1) is 22.5. The molecule has 1 aliphatic heterocycles. The van der Waals surface area contributed by atoms with E-state index in [1.54, 1.807) is 29.2 Å². The first-order valence-corrected chi connectivity index (χ1v) is 11.0. The van der Waals surface area contributed by atoms with Gasteiger partial charge in [-0.15, -0.1) is 0 Å². The van der Waals surface area contributed by atoms with Crippen LogP contribution in [0.1, 0.15) is 42.6 Å². The first-order chi connectivity index (χ1) is 14.9. The summed E-state index contributed by atoms with van der Waals surface area (Å²) in [5.41, 5.74) is 2.48. The molecule has 2 N–H and O–H groups in total. The lowest BCUT2D eigenvalue weighted by molar-refractivity contribution is -0.126. The van der Waals surface area contributed by atoms with Crippen LogP contribution in [0, 0.1) is 11.8 Å². The molecule has 164 valence electrons. The lowest BCUT2D eigenvalue weighted by atomic mass is 9.95. The third kappa shape index (κ3) is 6.41. The summed E-state index contributed by atoms with van der Waals surface area (Å²) >= 11 is 0. The summed E-state index contributed by atoms with van der Waals surface area (Å²) in [7, 11) is 0. The molecule has 6 heteroatoms. The second-order valence-electron chi connectivity index (χ2n) is 8.31. The van der Waals surface area contributed by atoms with Crippen molar-refractivity contribution in [2.45, 2.75) is 33.1 Å². The Morgan fingerprint density at radius 1 is 0.968 bits per heavy atom. The molecule has 2 aromatic rings. The topological polar surface area (TPSA) is 78.5 Å². The van der Waals surface area contributed by atoms with Gasteiger partial charge < -0.3 is 15.5 Å². The molecule has 0 aliphatic carbocycles. The van der Waals surface area contributed by atoms with Crippen LogP contribution in [-0.2, 0) is 16.0 Å². The Morgan fingerprint density at radius 3 is 2.23 bits per heavy atom. The summed E-state index contributed by atoms with van der Waals surface area (Å²) in [6.07, 6.45) is 2.16. The Balaban J connectivity index is 1.43. The van der Waals surface area contributed by atoms with E-state index in [0.29, 0.717) is 43.7 Å². The molecule has 0 unspecified atom stereocenters. The molecular formula is C25H31N3O3. The maximum absolute atomic E-state index is 12.8. The molecule has 2 aromatic carbocycles. The summed E-state index contributed by atoms with van der Waals surface area (Å²) in [5.74, 6) is -0.160. The van der Waals surface area contributed by atoms with Crippen LogP contribution in [-0.4, -0.2) is 42.3 Å². The van der Waals surface area contributed by atoms with Crippen LogP contribution in [0.3, 0.4) is 0 Å². The van der Waals surface area contributed by atoms with Gasteiger partial charge in [0.25, 0.3) is 5.91 Å². The van der Waals surface area contributed by atoms with Crippen molar-refractivity contribution in [3.63, 3.8) is 0 Å². The van der Waals surface area contributed by atoms with Gasteiger partial charge in [0.2, 0.25) is 11.8 Å². The molecule has 1 heterocycles. The van der Waals surface area contributed by atoms with Gasteiger partial charge in [-0.25, -0.2) is 0 Å². The van der Waals surface area contributed by atoms with Gasteiger partial charge in [-0.05, 0) is 49.1 Å². The SMILES string of the molecule is CC(C)C(=O)Nc1ccc(C(=O)N2CCC(C(=O)NCCc3ccccc3)CC2)cc1. The minimum Gasteiger partial charge on any atom is -0.356 e. The number of hydrogen-bond acceptors (Lipinski definition) is 3. The fourth-order valence-corrected chi connectivity index (χ4v) is 3.63. The summed E-state index contributed by atoms with van der Waals surface area (Å²) in [5, 5.41) is 5.85. The quantitative estimate of drug-likeness (QED) is 0.718. The lowest BCUT2D eigenvalue weighted by Crippen LogP contribution is -2.43. The van der Waals surface area contributed by atoms with Crippen molar-refractivity contribution >= 4 is 23.4 Å². The third-order valence-corrected chi connectivity index (χ3v) is 5.63. The highest BCUT2D eigenvalue weighted by Crippen LogP contribution is 2.20. The van der Waals surface area contributed by atoms with Crippen molar-refractivity contribution in [2.24, 2.45) is 11.8 Å². The van der Waals surface area contributed by atoms with Crippen molar-refractivity contribution in [2.75, 3.05) is 25.0 Å². The number of hydrogen-bond donors (Lipinski definition) is 2. The number of carbonyl (C=O) groups is 3. The summed E-state index contributed by atoms with van der Waals surface area (Å²) in [4.78, 5) is 38.8. The molecule has 0 aromatic heterocycles. The largest absolute Gasteiger partial charge is 0.356 e. The van der Waals surface area contributed by atoms with Gasteiger partial charge in [0.15, 0.2) is 0 Å². The highest BCUT2D eigenvalue weighted by Gasteiger charge is 2.27. The number of carbonyl (C=O) groups excluding carboxylic acids is 3. The number of nitrogens with zero attached hydrogens (tertiary/aromatic N) is 1. The zero-order valence-electron chi connectivity index (χ0n) is 18.3. The number of rotatable bonds is 7. The fraction of sp³-hybridized carbons (Fsp3) is 0.400. The molecular weight excluding hydrogens is 390 g/mol. The Bertz CT molecular complexity index is 886. The normalized spacial score (nSPS) is 14.4. The predicted octanol–water partition coefficient (Wildman–Crippen LogP) is 3.49. The lowest BCUT2D eigenvalue weighted by Gasteiger charge is -2.31. The minimum absolute atomic E-state index is 0.0373. The molecule has 0 saturated carbocycles. The fourth-order valence-electron chi connectivity index (χ4n) is 3.63. The molecule has 1 aliphatic rings. The molecule has 1 saturated heterocycles. The van der Waals surface area contributed by atoms with E-state index in [9.17, 15) is 14.4 Å². The van der Waals surface area contributed by atoms with Crippen molar-refractivity contribution in [3.05, 3.63) is 65.7 Å². The first-order valence-electron chi connectivity index (χ1n) is 11.0. The van der Waals surface area contributed by atoms with Gasteiger partial charge in [0.05, 0.1) is 0 Å². The van der Waals surface area contributed by atoms with Crippen molar-refractivity contribution < 1.29 is 14.4 Å². The zero-order valence-corrected chi connectivity index (χ0v) is 18.3. The second kappa shape index (κ2) is 10.8. The van der Waals surface area contributed by atoms with Gasteiger partial charge in [0.1, 0.15) is 0 Å². The van der Waals surface area contributed by atoms with Crippen molar-refractivity contribution in [3.8, 4) is 0 Å². The molecule has 0 atom stereocenters. The van der Waals surface area contributed by atoms with Crippen LogP contribution >= 0.6 is 0 Å². The second-order valence-corrected chi connectivity index (χ2v) is 8.31. The van der Waals surface area contributed by atoms with Gasteiger partial charge >= 0.3 is 0 Å². The molecule has 31 heavy (non-hydrogen) atoms. The average molecular weight is 422 g/mol. The molecule has 0 radical (unpaired) electrons. The number of benzene rings is 2.